The molecule has 0 saturated carbocycles. The average Bonchev–Trinajstić information content (AvgIpc) is 3.54. The van der Waals surface area contributed by atoms with E-state index in [4.69, 9.17) is 4.42 Å². The van der Waals surface area contributed by atoms with Gasteiger partial charge in [-0.1, -0.05) is 0 Å². The fourth-order valence-corrected chi connectivity index (χ4v) is 4.06. The summed E-state index contributed by atoms with van der Waals surface area (Å²) in [5.74, 6) is 0.0802. The average molecular weight is 417 g/mol. The molecular weight excluding hydrogens is 402 g/mol. The van der Waals surface area contributed by atoms with E-state index in [0.29, 0.717) is 34.3 Å². The Morgan fingerprint density at radius 3 is 2.83 bits per heavy atom. The van der Waals surface area contributed by atoms with Gasteiger partial charge in [0.25, 0.3) is 11.8 Å². The number of nitrogens with zero attached hydrogens (tertiary/aromatic N) is 4. The number of hydrogen-bond acceptors (Lipinski definition) is 7. The molecule has 4 heterocycles. The first-order valence-corrected chi connectivity index (χ1v) is 10.1. The van der Waals surface area contributed by atoms with Crippen molar-refractivity contribution in [2.75, 3.05) is 16.8 Å². The van der Waals surface area contributed by atoms with Crippen LogP contribution in [0.4, 0.5) is 11.4 Å². The molecule has 1 aliphatic rings. The summed E-state index contributed by atoms with van der Waals surface area (Å²) in [6, 6.07) is 8.90. The van der Waals surface area contributed by atoms with E-state index < -0.39 is 0 Å². The Kier molecular flexibility index (Phi) is 4.56. The smallest absolute Gasteiger partial charge is 0.275 e. The molecule has 0 radical (unpaired) electrons. The first-order valence-electron chi connectivity index (χ1n) is 9.20. The lowest BCUT2D eigenvalue weighted by atomic mass is 10.1. The van der Waals surface area contributed by atoms with Gasteiger partial charge in [-0.3, -0.25) is 9.59 Å². The van der Waals surface area contributed by atoms with E-state index in [1.807, 2.05) is 12.1 Å². The first-order chi connectivity index (χ1) is 14.7. The molecule has 0 bridgehead atoms. The summed E-state index contributed by atoms with van der Waals surface area (Å²) < 4.78 is 5.01. The molecule has 1 N–H and O–H groups in total. The van der Waals surface area contributed by atoms with Gasteiger partial charge in [-0.05, 0) is 42.3 Å². The standard InChI is InChI=1S/C21H15N5O3S/c27-19(16-12-30-20(25-16)18-22-6-1-7-23-18)24-15-2-3-17-13(10-15)4-8-26(17)21(28)14-5-9-29-11-14/h1-3,5-7,9-12H,4,8H2,(H,24,27). The van der Waals surface area contributed by atoms with Crippen molar-refractivity contribution in [3.63, 3.8) is 0 Å². The van der Waals surface area contributed by atoms with Crippen molar-refractivity contribution >= 4 is 34.5 Å². The molecule has 3 aromatic heterocycles. The van der Waals surface area contributed by atoms with Crippen molar-refractivity contribution in [1.82, 2.24) is 15.0 Å². The highest BCUT2D eigenvalue weighted by molar-refractivity contribution is 7.13. The van der Waals surface area contributed by atoms with Crippen LogP contribution in [0.1, 0.15) is 26.4 Å². The number of nitrogens with one attached hydrogen (secondary N) is 1. The molecular formula is C21H15N5O3S. The summed E-state index contributed by atoms with van der Waals surface area (Å²) in [7, 11) is 0. The van der Waals surface area contributed by atoms with Gasteiger partial charge < -0.3 is 14.6 Å². The minimum Gasteiger partial charge on any atom is -0.472 e. The van der Waals surface area contributed by atoms with Crippen molar-refractivity contribution in [3.8, 4) is 10.8 Å². The Bertz CT molecular complexity index is 1220. The second kappa shape index (κ2) is 7.53. The third-order valence-corrected chi connectivity index (χ3v) is 5.58. The number of anilines is 2. The van der Waals surface area contributed by atoms with Crippen molar-refractivity contribution in [3.05, 3.63) is 77.5 Å². The van der Waals surface area contributed by atoms with Crippen LogP contribution in [0.15, 0.2) is 65.0 Å². The molecule has 30 heavy (non-hydrogen) atoms. The van der Waals surface area contributed by atoms with Crippen LogP contribution in [0.25, 0.3) is 10.8 Å². The predicted molar refractivity (Wildman–Crippen MR) is 112 cm³/mol. The highest BCUT2D eigenvalue weighted by Crippen LogP contribution is 2.32. The fourth-order valence-electron chi connectivity index (χ4n) is 3.32. The molecule has 2 amide bonds. The minimum absolute atomic E-state index is 0.0996. The highest BCUT2D eigenvalue weighted by Gasteiger charge is 2.26. The summed E-state index contributed by atoms with van der Waals surface area (Å²) in [5.41, 5.74) is 3.32. The predicted octanol–water partition coefficient (Wildman–Crippen LogP) is 3.65. The van der Waals surface area contributed by atoms with Crippen molar-refractivity contribution in [2.45, 2.75) is 6.42 Å². The van der Waals surface area contributed by atoms with Gasteiger partial charge >= 0.3 is 0 Å². The van der Waals surface area contributed by atoms with Crippen LogP contribution in [0.3, 0.4) is 0 Å². The molecule has 0 fully saturated rings. The van der Waals surface area contributed by atoms with Gasteiger partial charge in [-0.25, -0.2) is 15.0 Å². The number of hydrogen-bond donors (Lipinski definition) is 1. The van der Waals surface area contributed by atoms with Crippen molar-refractivity contribution in [2.24, 2.45) is 0 Å². The Balaban J connectivity index is 1.32. The molecule has 1 aliphatic heterocycles. The number of carbonyl (C=O) groups excluding carboxylic acids is 2. The second-order valence-corrected chi connectivity index (χ2v) is 7.48. The van der Waals surface area contributed by atoms with E-state index in [1.54, 1.807) is 40.9 Å². The first kappa shape index (κ1) is 18.2. The van der Waals surface area contributed by atoms with Crippen LogP contribution in [0.2, 0.25) is 0 Å². The number of fused-ring (bicyclic) bond motifs is 1. The number of thiazole rings is 1. The van der Waals surface area contributed by atoms with Crippen LogP contribution in [0, 0.1) is 0 Å². The van der Waals surface area contributed by atoms with Crippen molar-refractivity contribution in [1.29, 1.82) is 0 Å². The molecule has 9 heteroatoms. The number of benzene rings is 1. The maximum Gasteiger partial charge on any atom is 0.275 e. The zero-order valence-electron chi connectivity index (χ0n) is 15.6. The van der Waals surface area contributed by atoms with Gasteiger partial charge in [0.1, 0.15) is 12.0 Å². The van der Waals surface area contributed by atoms with Gasteiger partial charge in [0.15, 0.2) is 10.8 Å². The van der Waals surface area contributed by atoms with E-state index in [-0.39, 0.29) is 11.8 Å². The largest absolute Gasteiger partial charge is 0.472 e. The third kappa shape index (κ3) is 3.35. The van der Waals surface area contributed by atoms with E-state index in [9.17, 15) is 9.59 Å². The molecule has 8 nitrogen and oxygen atoms in total. The van der Waals surface area contributed by atoms with Crippen LogP contribution in [-0.4, -0.2) is 33.3 Å². The zero-order valence-corrected chi connectivity index (χ0v) is 16.4. The summed E-state index contributed by atoms with van der Waals surface area (Å²) >= 11 is 1.32. The summed E-state index contributed by atoms with van der Waals surface area (Å²) in [4.78, 5) is 39.6. The van der Waals surface area contributed by atoms with E-state index >= 15 is 0 Å². The minimum atomic E-state index is -0.308. The number of aromatic nitrogens is 3. The molecule has 1 aromatic carbocycles. The number of carbonyl (C=O) groups is 2. The molecule has 0 saturated heterocycles. The van der Waals surface area contributed by atoms with E-state index in [1.165, 1.54) is 23.9 Å². The van der Waals surface area contributed by atoms with Crippen LogP contribution < -0.4 is 10.2 Å². The molecule has 0 atom stereocenters. The van der Waals surface area contributed by atoms with E-state index in [0.717, 1.165) is 17.7 Å². The van der Waals surface area contributed by atoms with Crippen LogP contribution in [0.5, 0.6) is 0 Å². The summed E-state index contributed by atoms with van der Waals surface area (Å²) in [6.07, 6.45) is 6.91. The quantitative estimate of drug-likeness (QED) is 0.544. The summed E-state index contributed by atoms with van der Waals surface area (Å²) in [6.45, 7) is 0.587. The molecule has 5 rings (SSSR count). The zero-order chi connectivity index (χ0) is 20.5. The Morgan fingerprint density at radius 2 is 2.03 bits per heavy atom. The Labute approximate surface area is 175 Å². The van der Waals surface area contributed by atoms with Gasteiger partial charge in [0, 0.05) is 35.7 Å². The SMILES string of the molecule is O=C(Nc1ccc2c(c1)CCN2C(=O)c1ccoc1)c1csc(-c2ncccn2)n1. The van der Waals surface area contributed by atoms with Crippen LogP contribution >= 0.6 is 11.3 Å². The van der Waals surface area contributed by atoms with Gasteiger partial charge in [0.05, 0.1) is 11.8 Å². The monoisotopic (exact) mass is 417 g/mol. The molecule has 148 valence electrons. The Morgan fingerprint density at radius 1 is 1.17 bits per heavy atom. The number of furan rings is 1. The lowest BCUT2D eigenvalue weighted by molar-refractivity contribution is 0.0986. The van der Waals surface area contributed by atoms with E-state index in [2.05, 4.69) is 20.3 Å². The number of rotatable bonds is 4. The molecule has 0 spiro atoms. The maximum absolute atomic E-state index is 12.6. The van der Waals surface area contributed by atoms with Crippen LogP contribution in [-0.2, 0) is 6.42 Å². The number of amides is 2. The lowest BCUT2D eigenvalue weighted by Crippen LogP contribution is -2.28. The van der Waals surface area contributed by atoms with Gasteiger partial charge in [-0.2, -0.15) is 0 Å². The highest BCUT2D eigenvalue weighted by atomic mass is 32.1. The summed E-state index contributed by atoms with van der Waals surface area (Å²) in [5, 5.41) is 5.14. The Hall–Kier alpha value is -3.85. The van der Waals surface area contributed by atoms with Gasteiger partial charge in [-0.15, -0.1) is 11.3 Å². The molecule has 4 aromatic rings. The normalized spacial score (nSPS) is 12.6. The fraction of sp³-hybridized carbons (Fsp3) is 0.0952. The molecule has 0 unspecified atom stereocenters. The van der Waals surface area contributed by atoms with Crippen molar-refractivity contribution < 1.29 is 14.0 Å². The second-order valence-electron chi connectivity index (χ2n) is 6.63. The third-order valence-electron chi connectivity index (χ3n) is 4.74. The molecule has 0 aliphatic carbocycles. The van der Waals surface area contributed by atoms with Gasteiger partial charge in [0.2, 0.25) is 0 Å². The maximum atomic E-state index is 12.6. The topological polar surface area (TPSA) is 101 Å². The lowest BCUT2D eigenvalue weighted by Gasteiger charge is -2.16.